The monoisotopic (exact) mass is 329 g/mol. The highest BCUT2D eigenvalue weighted by atomic mass is 16.2. The van der Waals surface area contributed by atoms with Gasteiger partial charge in [0.25, 0.3) is 0 Å². The molecule has 1 aromatic rings. The summed E-state index contributed by atoms with van der Waals surface area (Å²) in [6.45, 7) is 3.32. The molecule has 2 saturated heterocycles. The first kappa shape index (κ1) is 16.9. The van der Waals surface area contributed by atoms with Crippen molar-refractivity contribution in [3.05, 3.63) is 30.1 Å². The molecule has 0 bridgehead atoms. The highest BCUT2D eigenvalue weighted by Crippen LogP contribution is 2.21. The van der Waals surface area contributed by atoms with Crippen LogP contribution in [0.4, 0.5) is 0 Å². The molecule has 0 spiro atoms. The number of piperidine rings is 1. The van der Waals surface area contributed by atoms with E-state index < -0.39 is 0 Å². The van der Waals surface area contributed by atoms with Crippen molar-refractivity contribution in [1.29, 1.82) is 0 Å². The van der Waals surface area contributed by atoms with Gasteiger partial charge in [0, 0.05) is 51.4 Å². The van der Waals surface area contributed by atoms with Crippen LogP contribution in [-0.2, 0) is 16.0 Å². The lowest BCUT2D eigenvalue weighted by atomic mass is 10.0. The average molecular weight is 329 g/mol. The summed E-state index contributed by atoms with van der Waals surface area (Å²) in [6, 6.07) is 4.07. The molecule has 2 aliphatic rings. The number of hydrogen-bond acceptors (Lipinski definition) is 3. The zero-order valence-corrected chi connectivity index (χ0v) is 14.3. The third-order valence-corrected chi connectivity index (χ3v) is 5.13. The van der Waals surface area contributed by atoms with Gasteiger partial charge in [-0.2, -0.15) is 0 Å². The van der Waals surface area contributed by atoms with Gasteiger partial charge in [-0.3, -0.25) is 14.6 Å². The van der Waals surface area contributed by atoms with E-state index in [0.29, 0.717) is 18.8 Å². The maximum Gasteiger partial charge on any atom is 0.222 e. The fraction of sp³-hybridized carbons (Fsp3) is 0.632. The van der Waals surface area contributed by atoms with Crippen molar-refractivity contribution in [2.45, 2.75) is 44.9 Å². The lowest BCUT2D eigenvalue weighted by Crippen LogP contribution is -2.36. The molecule has 2 aliphatic heterocycles. The molecule has 1 unspecified atom stereocenters. The first-order valence-electron chi connectivity index (χ1n) is 9.17. The molecular weight excluding hydrogens is 302 g/mol. The predicted molar refractivity (Wildman–Crippen MR) is 92.3 cm³/mol. The number of hydrogen-bond donors (Lipinski definition) is 0. The van der Waals surface area contributed by atoms with Crippen LogP contribution in [0.3, 0.4) is 0 Å². The molecule has 3 rings (SSSR count). The van der Waals surface area contributed by atoms with Crippen molar-refractivity contribution in [3.63, 3.8) is 0 Å². The summed E-state index contributed by atoms with van der Waals surface area (Å²) in [4.78, 5) is 32.2. The summed E-state index contributed by atoms with van der Waals surface area (Å²) in [6.07, 6.45) is 9.92. The van der Waals surface area contributed by atoms with Crippen molar-refractivity contribution in [2.75, 3.05) is 26.2 Å². The van der Waals surface area contributed by atoms with Gasteiger partial charge in [0.05, 0.1) is 0 Å². The molecule has 0 N–H and O–H groups in total. The van der Waals surface area contributed by atoms with Gasteiger partial charge in [0.15, 0.2) is 0 Å². The fourth-order valence-corrected chi connectivity index (χ4v) is 3.76. The van der Waals surface area contributed by atoms with Gasteiger partial charge in [-0.05, 0) is 49.7 Å². The van der Waals surface area contributed by atoms with Crippen LogP contribution in [0.25, 0.3) is 0 Å². The lowest BCUT2D eigenvalue weighted by molar-refractivity contribution is -0.134. The standard InChI is InChI=1S/C19H27N3O2/c23-18-6-1-2-10-21(18)11-4-7-19(24)22-12-8-17(15-22)13-16-5-3-9-20-14-16/h3,5,9,14,17H,1-2,4,6-8,10-13,15H2. The highest BCUT2D eigenvalue weighted by Gasteiger charge is 2.26. The molecule has 3 heterocycles. The van der Waals surface area contributed by atoms with E-state index in [0.717, 1.165) is 58.3 Å². The Morgan fingerprint density at radius 2 is 2.21 bits per heavy atom. The molecule has 24 heavy (non-hydrogen) atoms. The van der Waals surface area contributed by atoms with Crippen molar-refractivity contribution < 1.29 is 9.59 Å². The van der Waals surface area contributed by atoms with Crippen LogP contribution in [0.5, 0.6) is 0 Å². The van der Waals surface area contributed by atoms with Gasteiger partial charge in [0.1, 0.15) is 0 Å². The molecule has 0 saturated carbocycles. The van der Waals surface area contributed by atoms with Crippen LogP contribution in [0, 0.1) is 5.92 Å². The van der Waals surface area contributed by atoms with Crippen molar-refractivity contribution in [2.24, 2.45) is 5.92 Å². The number of rotatable bonds is 6. The van der Waals surface area contributed by atoms with E-state index in [9.17, 15) is 9.59 Å². The molecule has 1 aromatic heterocycles. The summed E-state index contributed by atoms with van der Waals surface area (Å²) >= 11 is 0. The number of aromatic nitrogens is 1. The number of likely N-dealkylation sites (tertiary alicyclic amines) is 2. The van der Waals surface area contributed by atoms with E-state index in [-0.39, 0.29) is 11.8 Å². The Morgan fingerprint density at radius 3 is 3.00 bits per heavy atom. The van der Waals surface area contributed by atoms with Gasteiger partial charge >= 0.3 is 0 Å². The maximum atomic E-state index is 12.4. The molecule has 1 atom stereocenters. The van der Waals surface area contributed by atoms with E-state index in [1.807, 2.05) is 22.1 Å². The first-order chi connectivity index (χ1) is 11.7. The van der Waals surface area contributed by atoms with Crippen molar-refractivity contribution in [3.8, 4) is 0 Å². The number of carbonyl (C=O) groups is 2. The van der Waals surface area contributed by atoms with Crippen LogP contribution in [0.15, 0.2) is 24.5 Å². The van der Waals surface area contributed by atoms with E-state index >= 15 is 0 Å². The number of pyridine rings is 1. The molecule has 0 aromatic carbocycles. The third kappa shape index (κ3) is 4.56. The highest BCUT2D eigenvalue weighted by molar-refractivity contribution is 5.77. The Hall–Kier alpha value is -1.91. The third-order valence-electron chi connectivity index (χ3n) is 5.13. The van der Waals surface area contributed by atoms with Crippen LogP contribution < -0.4 is 0 Å². The van der Waals surface area contributed by atoms with Gasteiger partial charge < -0.3 is 9.80 Å². The van der Waals surface area contributed by atoms with Crippen molar-refractivity contribution in [1.82, 2.24) is 14.8 Å². The average Bonchev–Trinajstić information content (AvgIpc) is 3.06. The summed E-state index contributed by atoms with van der Waals surface area (Å²) in [5, 5.41) is 0. The summed E-state index contributed by atoms with van der Waals surface area (Å²) < 4.78 is 0. The molecule has 0 radical (unpaired) electrons. The minimum Gasteiger partial charge on any atom is -0.343 e. The van der Waals surface area contributed by atoms with Gasteiger partial charge in [-0.25, -0.2) is 0 Å². The topological polar surface area (TPSA) is 53.5 Å². The van der Waals surface area contributed by atoms with E-state index in [1.165, 1.54) is 5.56 Å². The minimum absolute atomic E-state index is 0.244. The summed E-state index contributed by atoms with van der Waals surface area (Å²) in [5.74, 6) is 1.04. The molecule has 5 heteroatoms. The Bertz CT molecular complexity index is 561. The first-order valence-corrected chi connectivity index (χ1v) is 9.17. The molecule has 2 amide bonds. The zero-order valence-electron chi connectivity index (χ0n) is 14.3. The maximum absolute atomic E-state index is 12.4. The van der Waals surface area contributed by atoms with Crippen LogP contribution in [0.2, 0.25) is 0 Å². The number of carbonyl (C=O) groups excluding carboxylic acids is 2. The Morgan fingerprint density at radius 1 is 1.29 bits per heavy atom. The molecule has 130 valence electrons. The van der Waals surface area contributed by atoms with Gasteiger partial charge in [-0.15, -0.1) is 0 Å². The lowest BCUT2D eigenvalue weighted by Gasteiger charge is -2.26. The van der Waals surface area contributed by atoms with E-state index in [4.69, 9.17) is 0 Å². The predicted octanol–water partition coefficient (Wildman–Crippen LogP) is 2.27. The van der Waals surface area contributed by atoms with Crippen LogP contribution in [-0.4, -0.2) is 52.8 Å². The largest absolute Gasteiger partial charge is 0.343 e. The van der Waals surface area contributed by atoms with Crippen molar-refractivity contribution >= 4 is 11.8 Å². The molecular formula is C19H27N3O2. The zero-order chi connectivity index (χ0) is 16.8. The second-order valence-electron chi connectivity index (χ2n) is 7.00. The minimum atomic E-state index is 0.244. The molecule has 2 fully saturated rings. The van der Waals surface area contributed by atoms with E-state index in [2.05, 4.69) is 11.1 Å². The molecule has 5 nitrogen and oxygen atoms in total. The second-order valence-corrected chi connectivity index (χ2v) is 7.00. The fourth-order valence-electron chi connectivity index (χ4n) is 3.76. The smallest absolute Gasteiger partial charge is 0.222 e. The van der Waals surface area contributed by atoms with Gasteiger partial charge in [0.2, 0.25) is 11.8 Å². The quantitative estimate of drug-likeness (QED) is 0.804. The second kappa shape index (κ2) is 8.27. The summed E-state index contributed by atoms with van der Waals surface area (Å²) in [7, 11) is 0. The Kier molecular flexibility index (Phi) is 5.83. The van der Waals surface area contributed by atoms with Crippen LogP contribution >= 0.6 is 0 Å². The summed E-state index contributed by atoms with van der Waals surface area (Å²) in [5.41, 5.74) is 1.25. The Labute approximate surface area is 144 Å². The van der Waals surface area contributed by atoms with Gasteiger partial charge in [-0.1, -0.05) is 6.07 Å². The van der Waals surface area contributed by atoms with Crippen LogP contribution in [0.1, 0.15) is 44.1 Å². The number of nitrogens with zero attached hydrogens (tertiary/aromatic N) is 3. The normalized spacial score (nSPS) is 21.3. The number of amides is 2. The van der Waals surface area contributed by atoms with E-state index in [1.54, 1.807) is 6.20 Å². The Balaban J connectivity index is 1.37. The molecule has 0 aliphatic carbocycles. The SMILES string of the molecule is O=C1CCCCN1CCCC(=O)N1CCC(Cc2cccnc2)C1.